The molecule has 1 aliphatic heterocycles. The number of carboxylic acids is 2. The minimum absolute atomic E-state index is 0.328. The van der Waals surface area contributed by atoms with Crippen LogP contribution in [0.15, 0.2) is 0 Å². The van der Waals surface area contributed by atoms with Gasteiger partial charge in [-0.3, -0.25) is 9.59 Å². The Morgan fingerprint density at radius 2 is 1.63 bits per heavy atom. The first-order valence-electron chi connectivity index (χ1n) is 6.05. The van der Waals surface area contributed by atoms with Crippen LogP contribution in [0.4, 0.5) is 0 Å². The summed E-state index contributed by atoms with van der Waals surface area (Å²) in [5.41, 5.74) is 0. The van der Waals surface area contributed by atoms with Crippen molar-refractivity contribution in [1.82, 2.24) is 9.03 Å². The lowest BCUT2D eigenvalue weighted by Crippen LogP contribution is -2.49. The second kappa shape index (κ2) is 6.83. The van der Waals surface area contributed by atoms with Crippen LogP contribution < -0.4 is 4.72 Å². The highest BCUT2D eigenvalue weighted by atomic mass is 32.2. The van der Waals surface area contributed by atoms with Gasteiger partial charge in [0.2, 0.25) is 0 Å². The van der Waals surface area contributed by atoms with E-state index in [1.165, 1.54) is 4.31 Å². The van der Waals surface area contributed by atoms with Gasteiger partial charge in [0.1, 0.15) is 6.04 Å². The normalized spacial score (nSPS) is 19.6. The average molecular weight is 294 g/mol. The molecule has 0 saturated carbocycles. The number of hydrogen-bond donors (Lipinski definition) is 3. The summed E-state index contributed by atoms with van der Waals surface area (Å²) in [4.78, 5) is 21.4. The van der Waals surface area contributed by atoms with E-state index in [4.69, 9.17) is 10.2 Å². The molecule has 1 atom stereocenters. The van der Waals surface area contributed by atoms with Crippen LogP contribution in [-0.4, -0.2) is 54.0 Å². The van der Waals surface area contributed by atoms with Crippen LogP contribution in [0.1, 0.15) is 32.1 Å². The third kappa shape index (κ3) is 5.13. The van der Waals surface area contributed by atoms with E-state index >= 15 is 0 Å². The fraction of sp³-hybridized carbons (Fsp3) is 0.800. The van der Waals surface area contributed by atoms with Crippen molar-refractivity contribution >= 4 is 22.1 Å². The molecule has 1 unspecified atom stereocenters. The van der Waals surface area contributed by atoms with Crippen LogP contribution in [0.25, 0.3) is 0 Å². The van der Waals surface area contributed by atoms with Crippen LogP contribution in [0.3, 0.4) is 0 Å². The highest BCUT2D eigenvalue weighted by molar-refractivity contribution is 7.87. The lowest BCUT2D eigenvalue weighted by molar-refractivity contribution is -0.145. The third-order valence-corrected chi connectivity index (χ3v) is 4.50. The zero-order valence-corrected chi connectivity index (χ0v) is 11.2. The second-order valence-corrected chi connectivity index (χ2v) is 6.13. The van der Waals surface area contributed by atoms with Crippen LogP contribution in [0, 0.1) is 0 Å². The largest absolute Gasteiger partial charge is 0.481 e. The fourth-order valence-corrected chi connectivity index (χ4v) is 3.32. The van der Waals surface area contributed by atoms with Gasteiger partial charge in [0.05, 0.1) is 6.42 Å². The van der Waals surface area contributed by atoms with Gasteiger partial charge in [-0.05, 0) is 12.8 Å². The Hall–Kier alpha value is -1.19. The van der Waals surface area contributed by atoms with Gasteiger partial charge in [0.25, 0.3) is 10.2 Å². The Bertz CT molecular complexity index is 427. The summed E-state index contributed by atoms with van der Waals surface area (Å²) < 4.78 is 27.1. The number of carbonyl (C=O) groups is 2. The van der Waals surface area contributed by atoms with Gasteiger partial charge in [-0.15, -0.1) is 0 Å². The fourth-order valence-electron chi connectivity index (χ4n) is 1.89. The van der Waals surface area contributed by atoms with E-state index in [1.807, 2.05) is 4.72 Å². The molecule has 8 nitrogen and oxygen atoms in total. The molecule has 0 radical (unpaired) electrons. The van der Waals surface area contributed by atoms with Crippen LogP contribution in [-0.2, 0) is 19.8 Å². The van der Waals surface area contributed by atoms with Crippen molar-refractivity contribution < 1.29 is 28.2 Å². The first kappa shape index (κ1) is 15.9. The second-order valence-electron chi connectivity index (χ2n) is 4.42. The molecular formula is C10H18N2O6S. The molecule has 1 saturated heterocycles. The molecular weight excluding hydrogens is 276 g/mol. The van der Waals surface area contributed by atoms with E-state index in [9.17, 15) is 18.0 Å². The molecule has 1 fully saturated rings. The van der Waals surface area contributed by atoms with Gasteiger partial charge in [-0.2, -0.15) is 17.4 Å². The van der Waals surface area contributed by atoms with Gasteiger partial charge in [-0.25, -0.2) is 0 Å². The molecule has 110 valence electrons. The lowest BCUT2D eigenvalue weighted by atomic mass is 10.2. The van der Waals surface area contributed by atoms with Crippen molar-refractivity contribution in [2.24, 2.45) is 0 Å². The molecule has 0 bridgehead atoms. The summed E-state index contributed by atoms with van der Waals surface area (Å²) in [5, 5.41) is 17.4. The highest BCUT2D eigenvalue weighted by Crippen LogP contribution is 2.13. The first-order chi connectivity index (χ1) is 8.83. The zero-order chi connectivity index (χ0) is 14.5. The number of carboxylic acid groups (broad SMARTS) is 2. The number of rotatable bonds is 6. The number of nitrogens with zero attached hydrogens (tertiary/aromatic N) is 1. The number of aliphatic carboxylic acids is 2. The van der Waals surface area contributed by atoms with Crippen molar-refractivity contribution in [3.8, 4) is 0 Å². The SMILES string of the molecule is O=C(O)CC(NS(=O)(=O)N1CCCCCC1)C(=O)O. The van der Waals surface area contributed by atoms with Crippen LogP contribution in [0.5, 0.6) is 0 Å². The molecule has 19 heavy (non-hydrogen) atoms. The highest BCUT2D eigenvalue weighted by Gasteiger charge is 2.30. The standard InChI is InChI=1S/C10H18N2O6S/c13-9(14)7-8(10(15)16)11-19(17,18)12-5-3-1-2-4-6-12/h8,11H,1-7H2,(H,13,14)(H,15,16). The summed E-state index contributed by atoms with van der Waals surface area (Å²) in [5.74, 6) is -2.87. The Kier molecular flexibility index (Phi) is 5.70. The number of nitrogens with one attached hydrogen (secondary N) is 1. The molecule has 1 rings (SSSR count). The maximum Gasteiger partial charge on any atom is 0.322 e. The van der Waals surface area contributed by atoms with E-state index in [-0.39, 0.29) is 0 Å². The molecule has 0 aliphatic carbocycles. The topological polar surface area (TPSA) is 124 Å². The minimum Gasteiger partial charge on any atom is -0.481 e. The molecule has 1 aliphatic rings. The van der Waals surface area contributed by atoms with Gasteiger partial charge < -0.3 is 10.2 Å². The summed E-state index contributed by atoms with van der Waals surface area (Å²) in [6, 6.07) is -1.65. The zero-order valence-electron chi connectivity index (χ0n) is 10.4. The van der Waals surface area contributed by atoms with Crippen LogP contribution in [0.2, 0.25) is 0 Å². The molecule has 0 spiro atoms. The van der Waals surface area contributed by atoms with Gasteiger partial charge in [-0.1, -0.05) is 12.8 Å². The van der Waals surface area contributed by atoms with Crippen molar-refractivity contribution in [2.75, 3.05) is 13.1 Å². The Morgan fingerprint density at radius 1 is 1.11 bits per heavy atom. The summed E-state index contributed by atoms with van der Waals surface area (Å²) in [6.45, 7) is 0.656. The van der Waals surface area contributed by atoms with Crippen molar-refractivity contribution in [3.63, 3.8) is 0 Å². The van der Waals surface area contributed by atoms with Crippen LogP contribution >= 0.6 is 0 Å². The van der Waals surface area contributed by atoms with Gasteiger partial charge in [0, 0.05) is 13.1 Å². The predicted molar refractivity (Wildman–Crippen MR) is 65.8 cm³/mol. The Morgan fingerprint density at radius 3 is 2.05 bits per heavy atom. The Balaban J connectivity index is 2.74. The quantitative estimate of drug-likeness (QED) is 0.613. The van der Waals surface area contributed by atoms with Crippen molar-refractivity contribution in [1.29, 1.82) is 0 Å². The monoisotopic (exact) mass is 294 g/mol. The maximum atomic E-state index is 12.0. The lowest BCUT2D eigenvalue weighted by Gasteiger charge is -2.22. The van der Waals surface area contributed by atoms with E-state index in [0.717, 1.165) is 25.7 Å². The molecule has 3 N–H and O–H groups in total. The van der Waals surface area contributed by atoms with E-state index in [0.29, 0.717) is 13.1 Å². The van der Waals surface area contributed by atoms with E-state index in [2.05, 4.69) is 0 Å². The van der Waals surface area contributed by atoms with E-state index in [1.54, 1.807) is 0 Å². The molecule has 0 amide bonds. The average Bonchev–Trinajstić information content (AvgIpc) is 2.55. The number of hydrogen-bond acceptors (Lipinski definition) is 4. The third-order valence-electron chi connectivity index (χ3n) is 2.87. The van der Waals surface area contributed by atoms with Gasteiger partial charge in [0.15, 0.2) is 0 Å². The molecule has 0 aromatic heterocycles. The molecule has 0 aromatic rings. The minimum atomic E-state index is -3.96. The summed E-state index contributed by atoms with van der Waals surface area (Å²) >= 11 is 0. The smallest absolute Gasteiger partial charge is 0.322 e. The summed E-state index contributed by atoms with van der Waals surface area (Å²) in [6.07, 6.45) is 2.52. The molecule has 1 heterocycles. The summed E-state index contributed by atoms with van der Waals surface area (Å²) in [7, 11) is -3.96. The first-order valence-corrected chi connectivity index (χ1v) is 7.49. The molecule has 9 heteroatoms. The molecule has 0 aromatic carbocycles. The van der Waals surface area contributed by atoms with Gasteiger partial charge >= 0.3 is 11.9 Å². The predicted octanol–water partition coefficient (Wildman–Crippen LogP) is -0.375. The van der Waals surface area contributed by atoms with Crippen molar-refractivity contribution in [3.05, 3.63) is 0 Å². The van der Waals surface area contributed by atoms with E-state index < -0.39 is 34.6 Å². The Labute approximate surface area is 111 Å². The maximum absolute atomic E-state index is 12.0. The van der Waals surface area contributed by atoms with Crippen molar-refractivity contribution in [2.45, 2.75) is 38.1 Å².